The summed E-state index contributed by atoms with van der Waals surface area (Å²) in [4.78, 5) is 12.6. The molecule has 0 saturated carbocycles. The number of anilines is 1. The standard InChI is InChI=1S/C18H12BrClF3N3O2/c1-26-9-13(16(27)24-11-4-2-3-10(20)7-11)17(25-26)28-12-5-6-15(19)14(8-12)18(21,22)23/h2-9H,1H3,(H,24,27). The lowest BCUT2D eigenvalue weighted by molar-refractivity contribution is -0.138. The van der Waals surface area contributed by atoms with Crippen LogP contribution >= 0.6 is 27.5 Å². The summed E-state index contributed by atoms with van der Waals surface area (Å²) in [6, 6.07) is 9.91. The second-order valence-electron chi connectivity index (χ2n) is 5.73. The van der Waals surface area contributed by atoms with Gasteiger partial charge in [-0.05, 0) is 36.4 Å². The van der Waals surface area contributed by atoms with Crippen LogP contribution < -0.4 is 10.1 Å². The summed E-state index contributed by atoms with van der Waals surface area (Å²) in [5, 5.41) is 7.09. The normalized spacial score (nSPS) is 11.4. The molecule has 146 valence electrons. The second kappa shape index (κ2) is 7.84. The third-order valence-corrected chi connectivity index (χ3v) is 4.51. The summed E-state index contributed by atoms with van der Waals surface area (Å²) in [5.41, 5.74) is -0.389. The number of halogens is 5. The third-order valence-electron chi connectivity index (χ3n) is 3.58. The lowest BCUT2D eigenvalue weighted by atomic mass is 10.2. The molecular weight excluding hydrogens is 463 g/mol. The third kappa shape index (κ3) is 4.66. The number of alkyl halides is 3. The molecule has 0 fully saturated rings. The van der Waals surface area contributed by atoms with E-state index >= 15 is 0 Å². The van der Waals surface area contributed by atoms with Crippen molar-refractivity contribution < 1.29 is 22.7 Å². The number of carbonyl (C=O) groups excluding carboxylic acids is 1. The van der Waals surface area contributed by atoms with Gasteiger partial charge in [0.2, 0.25) is 0 Å². The van der Waals surface area contributed by atoms with Gasteiger partial charge >= 0.3 is 6.18 Å². The number of nitrogens with zero attached hydrogens (tertiary/aromatic N) is 2. The van der Waals surface area contributed by atoms with E-state index in [0.29, 0.717) is 10.7 Å². The van der Waals surface area contributed by atoms with Crippen LogP contribution in [0.1, 0.15) is 15.9 Å². The van der Waals surface area contributed by atoms with Crippen molar-refractivity contribution in [3.8, 4) is 11.6 Å². The first kappa shape index (κ1) is 20.2. The number of nitrogens with one attached hydrogen (secondary N) is 1. The van der Waals surface area contributed by atoms with Gasteiger partial charge in [-0.25, -0.2) is 0 Å². The molecule has 0 bridgehead atoms. The number of aryl methyl sites for hydroxylation is 1. The molecule has 0 atom stereocenters. The number of hydrogen-bond donors (Lipinski definition) is 1. The van der Waals surface area contributed by atoms with Crippen molar-refractivity contribution in [2.24, 2.45) is 7.05 Å². The summed E-state index contributed by atoms with van der Waals surface area (Å²) in [6.45, 7) is 0. The van der Waals surface area contributed by atoms with Gasteiger partial charge in [0.1, 0.15) is 11.3 Å². The van der Waals surface area contributed by atoms with Crippen molar-refractivity contribution in [1.29, 1.82) is 0 Å². The maximum Gasteiger partial charge on any atom is 0.417 e. The van der Waals surface area contributed by atoms with E-state index in [1.54, 1.807) is 31.3 Å². The van der Waals surface area contributed by atoms with Crippen molar-refractivity contribution in [2.75, 3.05) is 5.32 Å². The number of rotatable bonds is 4. The molecule has 0 aliphatic carbocycles. The first-order valence-corrected chi connectivity index (χ1v) is 8.96. The Balaban J connectivity index is 1.88. The molecule has 1 amide bonds. The van der Waals surface area contributed by atoms with E-state index in [-0.39, 0.29) is 21.7 Å². The number of ether oxygens (including phenoxy) is 1. The Labute approximate surface area is 171 Å². The number of aromatic nitrogens is 2. The number of carbonyl (C=O) groups is 1. The molecular formula is C18H12BrClF3N3O2. The fourth-order valence-electron chi connectivity index (χ4n) is 2.36. The van der Waals surface area contributed by atoms with Gasteiger partial charge in [0.15, 0.2) is 0 Å². The molecule has 10 heteroatoms. The average Bonchev–Trinajstić information content (AvgIpc) is 2.96. The van der Waals surface area contributed by atoms with Crippen LogP contribution in [0.15, 0.2) is 53.1 Å². The minimum Gasteiger partial charge on any atom is -0.437 e. The van der Waals surface area contributed by atoms with E-state index in [0.717, 1.165) is 6.07 Å². The molecule has 0 aliphatic heterocycles. The zero-order valence-electron chi connectivity index (χ0n) is 14.2. The highest BCUT2D eigenvalue weighted by molar-refractivity contribution is 9.10. The van der Waals surface area contributed by atoms with Crippen LogP contribution in [0.25, 0.3) is 0 Å². The molecule has 5 nitrogen and oxygen atoms in total. The molecule has 3 aromatic rings. The SMILES string of the molecule is Cn1cc(C(=O)Nc2cccc(Cl)c2)c(Oc2ccc(Br)c(C(F)(F)F)c2)n1. The predicted octanol–water partition coefficient (Wildman–Crippen LogP) is 5.90. The number of benzene rings is 2. The van der Waals surface area contributed by atoms with E-state index in [1.807, 2.05) is 0 Å². The predicted molar refractivity (Wildman–Crippen MR) is 102 cm³/mol. The fraction of sp³-hybridized carbons (Fsp3) is 0.111. The van der Waals surface area contributed by atoms with E-state index < -0.39 is 17.6 Å². The molecule has 0 aliphatic rings. The summed E-state index contributed by atoms with van der Waals surface area (Å²) in [6.07, 6.45) is -3.16. The van der Waals surface area contributed by atoms with Gasteiger partial charge in [-0.1, -0.05) is 33.6 Å². The largest absolute Gasteiger partial charge is 0.437 e. The highest BCUT2D eigenvalue weighted by atomic mass is 79.9. The lowest BCUT2D eigenvalue weighted by Gasteiger charge is -2.11. The molecule has 2 aromatic carbocycles. The summed E-state index contributed by atoms with van der Waals surface area (Å²) >= 11 is 8.76. The Kier molecular flexibility index (Phi) is 5.66. The molecule has 1 aromatic heterocycles. The van der Waals surface area contributed by atoms with E-state index in [1.165, 1.54) is 23.0 Å². The van der Waals surface area contributed by atoms with Gasteiger partial charge in [0.05, 0.1) is 5.56 Å². The molecule has 1 heterocycles. The lowest BCUT2D eigenvalue weighted by Crippen LogP contribution is -2.12. The first-order valence-electron chi connectivity index (χ1n) is 7.78. The van der Waals surface area contributed by atoms with Crippen LogP contribution in [0.4, 0.5) is 18.9 Å². The Hall–Kier alpha value is -2.52. The Morgan fingerprint density at radius 1 is 1.25 bits per heavy atom. The van der Waals surface area contributed by atoms with Crippen molar-refractivity contribution >= 4 is 39.1 Å². The van der Waals surface area contributed by atoms with Crippen molar-refractivity contribution in [1.82, 2.24) is 9.78 Å². The Morgan fingerprint density at radius 3 is 2.68 bits per heavy atom. The molecule has 0 unspecified atom stereocenters. The van der Waals surface area contributed by atoms with Crippen molar-refractivity contribution in [2.45, 2.75) is 6.18 Å². The molecule has 3 rings (SSSR count). The Bertz CT molecular complexity index is 1040. The minimum absolute atomic E-state index is 0.0546. The van der Waals surface area contributed by atoms with Crippen LogP contribution in [-0.2, 0) is 13.2 Å². The summed E-state index contributed by atoms with van der Waals surface area (Å²) in [5.74, 6) is -0.776. The highest BCUT2D eigenvalue weighted by Gasteiger charge is 2.33. The molecule has 28 heavy (non-hydrogen) atoms. The molecule has 0 radical (unpaired) electrons. The maximum atomic E-state index is 13.1. The van der Waals surface area contributed by atoms with Crippen LogP contribution in [0.2, 0.25) is 5.02 Å². The second-order valence-corrected chi connectivity index (χ2v) is 7.02. The molecule has 0 saturated heterocycles. The Morgan fingerprint density at radius 2 is 2.00 bits per heavy atom. The van der Waals surface area contributed by atoms with Crippen LogP contribution in [-0.4, -0.2) is 15.7 Å². The topological polar surface area (TPSA) is 56.2 Å². The number of amides is 1. The zero-order valence-corrected chi connectivity index (χ0v) is 16.6. The molecule has 1 N–H and O–H groups in total. The van der Waals surface area contributed by atoms with Gasteiger partial charge in [-0.2, -0.15) is 13.2 Å². The van der Waals surface area contributed by atoms with Crippen LogP contribution in [0.5, 0.6) is 11.6 Å². The monoisotopic (exact) mass is 473 g/mol. The smallest absolute Gasteiger partial charge is 0.417 e. The minimum atomic E-state index is -4.56. The van der Waals surface area contributed by atoms with E-state index in [9.17, 15) is 18.0 Å². The first-order chi connectivity index (χ1) is 13.1. The summed E-state index contributed by atoms with van der Waals surface area (Å²) in [7, 11) is 1.56. The van der Waals surface area contributed by atoms with Crippen LogP contribution in [0, 0.1) is 0 Å². The quantitative estimate of drug-likeness (QED) is 0.512. The van der Waals surface area contributed by atoms with Gasteiger partial charge in [-0.3, -0.25) is 9.48 Å². The van der Waals surface area contributed by atoms with Gasteiger partial charge in [0.25, 0.3) is 11.8 Å². The van der Waals surface area contributed by atoms with Gasteiger partial charge < -0.3 is 10.1 Å². The van der Waals surface area contributed by atoms with Crippen molar-refractivity contribution in [3.05, 3.63) is 69.3 Å². The van der Waals surface area contributed by atoms with Gasteiger partial charge in [0, 0.05) is 28.4 Å². The van der Waals surface area contributed by atoms with E-state index in [2.05, 4.69) is 26.3 Å². The maximum absolute atomic E-state index is 13.1. The van der Waals surface area contributed by atoms with Crippen LogP contribution in [0.3, 0.4) is 0 Å². The summed E-state index contributed by atoms with van der Waals surface area (Å²) < 4.78 is 45.9. The zero-order chi connectivity index (χ0) is 20.5. The number of hydrogen-bond acceptors (Lipinski definition) is 3. The fourth-order valence-corrected chi connectivity index (χ4v) is 3.02. The van der Waals surface area contributed by atoms with Gasteiger partial charge in [-0.15, -0.1) is 5.10 Å². The highest BCUT2D eigenvalue weighted by Crippen LogP contribution is 2.38. The molecule has 0 spiro atoms. The van der Waals surface area contributed by atoms with E-state index in [4.69, 9.17) is 16.3 Å². The van der Waals surface area contributed by atoms with Crippen molar-refractivity contribution in [3.63, 3.8) is 0 Å². The average molecular weight is 475 g/mol.